The number of hydrogen-bond donors (Lipinski definition) is 2. The minimum Gasteiger partial charge on any atom is -0.465 e. The SMILES string of the molecule is C=CC.Nc1ccc(O/C=C/CBr)cc1N. The monoisotopic (exact) mass is 284 g/mol. The van der Waals surface area contributed by atoms with Crippen molar-refractivity contribution in [2.45, 2.75) is 6.92 Å². The maximum absolute atomic E-state index is 5.59. The van der Waals surface area contributed by atoms with Crippen LogP contribution in [-0.2, 0) is 0 Å². The van der Waals surface area contributed by atoms with E-state index in [1.807, 2.05) is 13.0 Å². The Hall–Kier alpha value is -1.42. The van der Waals surface area contributed by atoms with E-state index in [1.165, 1.54) is 0 Å². The third-order valence-corrected chi connectivity index (χ3v) is 1.82. The van der Waals surface area contributed by atoms with Crippen molar-refractivity contribution >= 4 is 27.3 Å². The molecule has 0 spiro atoms. The molecule has 0 aromatic heterocycles. The first-order chi connectivity index (χ1) is 7.65. The average molecular weight is 285 g/mol. The Labute approximate surface area is 105 Å². The number of rotatable bonds is 3. The van der Waals surface area contributed by atoms with E-state index in [0.29, 0.717) is 17.1 Å². The smallest absolute Gasteiger partial charge is 0.128 e. The summed E-state index contributed by atoms with van der Waals surface area (Å²) in [7, 11) is 0. The molecule has 0 fully saturated rings. The van der Waals surface area contributed by atoms with Gasteiger partial charge in [0.05, 0.1) is 17.6 Å². The lowest BCUT2D eigenvalue weighted by Crippen LogP contribution is -1.94. The lowest BCUT2D eigenvalue weighted by Gasteiger charge is -2.03. The van der Waals surface area contributed by atoms with E-state index >= 15 is 0 Å². The summed E-state index contributed by atoms with van der Waals surface area (Å²) in [6.07, 6.45) is 5.19. The number of allylic oxidation sites excluding steroid dienone is 2. The van der Waals surface area contributed by atoms with Crippen molar-refractivity contribution in [3.8, 4) is 5.75 Å². The van der Waals surface area contributed by atoms with Gasteiger partial charge >= 0.3 is 0 Å². The van der Waals surface area contributed by atoms with Gasteiger partial charge in [0.1, 0.15) is 5.75 Å². The topological polar surface area (TPSA) is 61.3 Å². The Morgan fingerprint density at radius 3 is 2.50 bits per heavy atom. The third-order valence-electron chi connectivity index (χ3n) is 1.45. The number of anilines is 2. The number of nitrogens with two attached hydrogens (primary N) is 2. The van der Waals surface area contributed by atoms with Gasteiger partial charge in [0, 0.05) is 11.4 Å². The van der Waals surface area contributed by atoms with Gasteiger partial charge in [0.2, 0.25) is 0 Å². The van der Waals surface area contributed by atoms with Crippen LogP contribution in [0.5, 0.6) is 5.75 Å². The highest BCUT2D eigenvalue weighted by atomic mass is 79.9. The van der Waals surface area contributed by atoms with Crippen LogP contribution in [0, 0.1) is 0 Å². The average Bonchev–Trinajstić information content (AvgIpc) is 2.25. The summed E-state index contributed by atoms with van der Waals surface area (Å²) in [5, 5.41) is 0.761. The summed E-state index contributed by atoms with van der Waals surface area (Å²) in [4.78, 5) is 0. The first kappa shape index (κ1) is 14.6. The van der Waals surface area contributed by atoms with Crippen molar-refractivity contribution in [1.82, 2.24) is 0 Å². The molecule has 0 aliphatic heterocycles. The maximum atomic E-state index is 5.59. The molecular weight excluding hydrogens is 268 g/mol. The predicted molar refractivity (Wildman–Crippen MR) is 74.7 cm³/mol. The number of ether oxygens (including phenoxy) is 1. The van der Waals surface area contributed by atoms with Gasteiger partial charge in [0.15, 0.2) is 0 Å². The van der Waals surface area contributed by atoms with Gasteiger partial charge in [-0.05, 0) is 25.1 Å². The molecule has 1 aromatic rings. The summed E-state index contributed by atoms with van der Waals surface area (Å²) in [6, 6.07) is 5.17. The van der Waals surface area contributed by atoms with Crippen molar-refractivity contribution < 1.29 is 4.74 Å². The Morgan fingerprint density at radius 2 is 2.00 bits per heavy atom. The third kappa shape index (κ3) is 6.14. The molecule has 0 heterocycles. The molecule has 0 saturated heterocycles. The molecule has 4 N–H and O–H groups in total. The van der Waals surface area contributed by atoms with Crippen LogP contribution in [0.4, 0.5) is 11.4 Å². The molecule has 0 unspecified atom stereocenters. The fourth-order valence-corrected chi connectivity index (χ4v) is 0.942. The number of hydrogen-bond acceptors (Lipinski definition) is 3. The number of nitrogen functional groups attached to an aromatic ring is 2. The first-order valence-electron chi connectivity index (χ1n) is 4.75. The molecule has 88 valence electrons. The Balaban J connectivity index is 0.000000673. The quantitative estimate of drug-likeness (QED) is 0.387. The van der Waals surface area contributed by atoms with Crippen LogP contribution in [0.2, 0.25) is 0 Å². The van der Waals surface area contributed by atoms with Crippen LogP contribution in [0.1, 0.15) is 6.92 Å². The second-order valence-electron chi connectivity index (χ2n) is 2.84. The highest BCUT2D eigenvalue weighted by molar-refractivity contribution is 9.09. The zero-order chi connectivity index (χ0) is 12.4. The lowest BCUT2D eigenvalue weighted by molar-refractivity contribution is 0.481. The summed E-state index contributed by atoms with van der Waals surface area (Å²) < 4.78 is 5.24. The van der Waals surface area contributed by atoms with Crippen molar-refractivity contribution in [3.05, 3.63) is 43.2 Å². The van der Waals surface area contributed by atoms with E-state index in [1.54, 1.807) is 30.5 Å². The Kier molecular flexibility index (Phi) is 8.07. The Bertz CT molecular complexity index is 351. The van der Waals surface area contributed by atoms with E-state index in [-0.39, 0.29) is 0 Å². The molecular formula is C12H17BrN2O. The molecule has 0 aliphatic carbocycles. The van der Waals surface area contributed by atoms with Crippen LogP contribution in [0.15, 0.2) is 43.2 Å². The zero-order valence-electron chi connectivity index (χ0n) is 9.32. The predicted octanol–water partition coefficient (Wildman–Crippen LogP) is 3.33. The highest BCUT2D eigenvalue weighted by Crippen LogP contribution is 2.21. The van der Waals surface area contributed by atoms with Crippen molar-refractivity contribution in [1.29, 1.82) is 0 Å². The van der Waals surface area contributed by atoms with Gasteiger partial charge in [0.25, 0.3) is 0 Å². The molecule has 16 heavy (non-hydrogen) atoms. The van der Waals surface area contributed by atoms with Gasteiger partial charge < -0.3 is 16.2 Å². The fourth-order valence-electron chi connectivity index (χ4n) is 0.789. The van der Waals surface area contributed by atoms with Gasteiger partial charge in [-0.15, -0.1) is 6.58 Å². The summed E-state index contributed by atoms with van der Waals surface area (Å²) >= 11 is 3.24. The van der Waals surface area contributed by atoms with Crippen LogP contribution in [0.3, 0.4) is 0 Å². The largest absolute Gasteiger partial charge is 0.465 e. The lowest BCUT2D eigenvalue weighted by atomic mass is 10.2. The van der Waals surface area contributed by atoms with Gasteiger partial charge in [-0.2, -0.15) is 0 Å². The Morgan fingerprint density at radius 1 is 1.38 bits per heavy atom. The van der Waals surface area contributed by atoms with Gasteiger partial charge in [-0.1, -0.05) is 22.0 Å². The summed E-state index contributed by atoms with van der Waals surface area (Å²) in [6.45, 7) is 5.25. The van der Waals surface area contributed by atoms with Crippen molar-refractivity contribution in [2.75, 3.05) is 16.8 Å². The molecule has 0 amide bonds. The second-order valence-corrected chi connectivity index (χ2v) is 3.49. The zero-order valence-corrected chi connectivity index (χ0v) is 10.9. The van der Waals surface area contributed by atoms with Gasteiger partial charge in [-0.3, -0.25) is 0 Å². The van der Waals surface area contributed by atoms with E-state index < -0.39 is 0 Å². The standard InChI is InChI=1S/C9H11BrN2O.C3H6/c10-4-1-5-13-7-2-3-8(11)9(12)6-7;1-3-2/h1-3,5-6H,4,11-12H2;3H,1H2,2H3/b5-1+;. The summed E-state index contributed by atoms with van der Waals surface area (Å²) in [5.74, 6) is 0.684. The van der Waals surface area contributed by atoms with Crippen molar-refractivity contribution in [3.63, 3.8) is 0 Å². The second kappa shape index (κ2) is 8.85. The van der Waals surface area contributed by atoms with Crippen LogP contribution in [0.25, 0.3) is 0 Å². The molecule has 0 aliphatic rings. The van der Waals surface area contributed by atoms with E-state index in [4.69, 9.17) is 16.2 Å². The molecule has 3 nitrogen and oxygen atoms in total. The highest BCUT2D eigenvalue weighted by Gasteiger charge is 1.95. The molecule has 0 bridgehead atoms. The minimum atomic E-state index is 0.532. The van der Waals surface area contributed by atoms with Crippen LogP contribution < -0.4 is 16.2 Å². The fraction of sp³-hybridized carbons (Fsp3) is 0.167. The van der Waals surface area contributed by atoms with Gasteiger partial charge in [-0.25, -0.2) is 0 Å². The molecule has 1 rings (SSSR count). The van der Waals surface area contributed by atoms with Crippen LogP contribution in [-0.4, -0.2) is 5.33 Å². The molecule has 0 saturated carbocycles. The molecule has 4 heteroatoms. The first-order valence-corrected chi connectivity index (χ1v) is 5.87. The number of benzene rings is 1. The van der Waals surface area contributed by atoms with E-state index in [0.717, 1.165) is 5.33 Å². The van der Waals surface area contributed by atoms with Crippen molar-refractivity contribution in [2.24, 2.45) is 0 Å². The molecule has 0 radical (unpaired) electrons. The summed E-state index contributed by atoms with van der Waals surface area (Å²) in [5.41, 5.74) is 12.2. The molecule has 0 atom stereocenters. The van der Waals surface area contributed by atoms with Crippen LogP contribution >= 0.6 is 15.9 Å². The molecule has 1 aromatic carbocycles. The minimum absolute atomic E-state index is 0.532. The number of halogens is 1. The maximum Gasteiger partial charge on any atom is 0.128 e. The van der Waals surface area contributed by atoms with E-state index in [9.17, 15) is 0 Å². The normalized spacial score (nSPS) is 9.38. The number of alkyl halides is 1. The van der Waals surface area contributed by atoms with E-state index in [2.05, 4.69) is 22.5 Å².